The topological polar surface area (TPSA) is 198 Å². The van der Waals surface area contributed by atoms with Gasteiger partial charge in [-0.05, 0) is 31.4 Å². The van der Waals surface area contributed by atoms with Crippen molar-refractivity contribution in [2.45, 2.75) is 26.2 Å². The number of nitrogens with zero attached hydrogens (tertiary/aromatic N) is 1. The number of rotatable bonds is 16. The van der Waals surface area contributed by atoms with Gasteiger partial charge < -0.3 is 34.0 Å². The van der Waals surface area contributed by atoms with Crippen LogP contribution in [-0.4, -0.2) is 78.8 Å². The summed E-state index contributed by atoms with van der Waals surface area (Å²) in [6, 6.07) is 5.47. The molecule has 0 aliphatic heterocycles. The normalized spacial score (nSPS) is 10.7. The van der Waals surface area contributed by atoms with Gasteiger partial charge in [0.1, 0.15) is 16.7 Å². The third-order valence-electron chi connectivity index (χ3n) is 4.69. The summed E-state index contributed by atoms with van der Waals surface area (Å²) in [6.07, 6.45) is 0.648. The molecular weight excluding hydrogens is 474 g/mol. The first-order chi connectivity index (χ1) is 16.7. The number of unbranched alkanes of at least 4 members (excludes halogenated alkanes) is 1. The van der Waals surface area contributed by atoms with Crippen molar-refractivity contribution in [1.29, 1.82) is 0 Å². The van der Waals surface area contributed by atoms with Crippen LogP contribution < -0.4 is 4.74 Å². The molecule has 0 aliphatic carbocycles. The predicted octanol–water partition coefficient (Wildman–Crippen LogP) is 0.205. The SMILES string of the molecule is CCC(CO)(CO)C(=O)OCC(=O)Oc1ccccc1C(=O)OCC(=O)OCCCCO[N+](=O)[O-]. The first-order valence-corrected chi connectivity index (χ1v) is 10.5. The van der Waals surface area contributed by atoms with Crippen LogP contribution in [0.4, 0.5) is 0 Å². The minimum atomic E-state index is -1.56. The first kappa shape index (κ1) is 29.3. The van der Waals surface area contributed by atoms with Gasteiger partial charge in [-0.1, -0.05) is 19.1 Å². The highest BCUT2D eigenvalue weighted by Gasteiger charge is 2.37. The van der Waals surface area contributed by atoms with Crippen molar-refractivity contribution in [3.8, 4) is 5.75 Å². The molecule has 35 heavy (non-hydrogen) atoms. The lowest BCUT2D eigenvalue weighted by molar-refractivity contribution is -0.757. The zero-order valence-corrected chi connectivity index (χ0v) is 19.0. The van der Waals surface area contributed by atoms with Crippen LogP contribution in [0, 0.1) is 15.5 Å². The highest BCUT2D eigenvalue weighted by atomic mass is 16.9. The van der Waals surface area contributed by atoms with Crippen LogP contribution >= 0.6 is 0 Å². The maximum absolute atomic E-state index is 12.3. The molecule has 1 rings (SSSR count). The molecule has 1 aromatic carbocycles. The van der Waals surface area contributed by atoms with E-state index in [1.807, 2.05) is 0 Å². The van der Waals surface area contributed by atoms with Gasteiger partial charge in [-0.2, -0.15) is 0 Å². The Kier molecular flexibility index (Phi) is 12.7. The van der Waals surface area contributed by atoms with Gasteiger partial charge in [-0.15, -0.1) is 10.1 Å². The van der Waals surface area contributed by atoms with Gasteiger partial charge in [-0.3, -0.25) is 4.79 Å². The zero-order valence-electron chi connectivity index (χ0n) is 19.0. The molecule has 2 N–H and O–H groups in total. The lowest BCUT2D eigenvalue weighted by Gasteiger charge is -2.25. The van der Waals surface area contributed by atoms with Crippen LogP contribution in [0.5, 0.6) is 5.75 Å². The quantitative estimate of drug-likeness (QED) is 0.0778. The average molecular weight is 501 g/mol. The number of ether oxygens (including phenoxy) is 4. The lowest BCUT2D eigenvalue weighted by atomic mass is 9.87. The second-order valence-corrected chi connectivity index (χ2v) is 7.06. The van der Waals surface area contributed by atoms with Gasteiger partial charge in [0.05, 0.1) is 26.4 Å². The van der Waals surface area contributed by atoms with E-state index in [0.717, 1.165) is 0 Å². The minimum absolute atomic E-state index is 0.0593. The van der Waals surface area contributed by atoms with Crippen molar-refractivity contribution in [1.82, 2.24) is 0 Å². The number of aliphatic hydroxyl groups is 2. The molecule has 0 spiro atoms. The predicted molar refractivity (Wildman–Crippen MR) is 113 cm³/mol. The molecule has 0 atom stereocenters. The standard InChI is InChI=1S/C21H27NO13/c1-2-21(13-23,14-24)20(28)33-12-18(26)35-16-8-4-3-7-15(16)19(27)32-11-17(25)31-9-5-6-10-34-22(29)30/h3-4,7-8,23-24H,2,5-6,9-14H2,1H3. The second kappa shape index (κ2) is 15.2. The van der Waals surface area contributed by atoms with E-state index < -0.39 is 60.8 Å². The summed E-state index contributed by atoms with van der Waals surface area (Å²) >= 11 is 0. The van der Waals surface area contributed by atoms with Crippen molar-refractivity contribution in [2.24, 2.45) is 5.41 Å². The van der Waals surface area contributed by atoms with E-state index in [1.165, 1.54) is 24.3 Å². The molecule has 194 valence electrons. The first-order valence-electron chi connectivity index (χ1n) is 10.5. The Morgan fingerprint density at radius 1 is 0.943 bits per heavy atom. The molecule has 0 aliphatic rings. The van der Waals surface area contributed by atoms with E-state index in [1.54, 1.807) is 6.92 Å². The Labute approximate surface area is 199 Å². The van der Waals surface area contributed by atoms with Crippen molar-refractivity contribution in [3.05, 3.63) is 39.9 Å². The molecule has 14 heteroatoms. The molecule has 0 heterocycles. The Hall–Kier alpha value is -3.78. The van der Waals surface area contributed by atoms with E-state index in [9.17, 15) is 39.5 Å². The summed E-state index contributed by atoms with van der Waals surface area (Å²) in [5.74, 6) is -4.10. The van der Waals surface area contributed by atoms with Crippen LogP contribution in [0.25, 0.3) is 0 Å². The van der Waals surface area contributed by atoms with Crippen LogP contribution in [-0.2, 0) is 33.4 Å². The van der Waals surface area contributed by atoms with Crippen LogP contribution in [0.15, 0.2) is 24.3 Å². The summed E-state index contributed by atoms with van der Waals surface area (Å²) < 4.78 is 19.5. The van der Waals surface area contributed by atoms with Crippen molar-refractivity contribution in [2.75, 3.05) is 39.6 Å². The van der Waals surface area contributed by atoms with E-state index in [4.69, 9.17) is 18.9 Å². The monoisotopic (exact) mass is 501 g/mol. The van der Waals surface area contributed by atoms with Crippen molar-refractivity contribution >= 4 is 23.9 Å². The minimum Gasteiger partial charge on any atom is -0.463 e. The number of carbonyl (C=O) groups excluding carboxylic acids is 4. The number of para-hydroxylation sites is 1. The lowest BCUT2D eigenvalue weighted by Crippen LogP contribution is -2.40. The third kappa shape index (κ3) is 9.93. The van der Waals surface area contributed by atoms with E-state index in [2.05, 4.69) is 4.84 Å². The maximum atomic E-state index is 12.3. The number of carbonyl (C=O) groups is 4. The van der Waals surface area contributed by atoms with Crippen molar-refractivity contribution < 1.29 is 58.3 Å². The van der Waals surface area contributed by atoms with Crippen LogP contribution in [0.1, 0.15) is 36.5 Å². The molecule has 0 radical (unpaired) electrons. The average Bonchev–Trinajstić information content (AvgIpc) is 2.85. The number of hydrogen-bond donors (Lipinski definition) is 2. The molecule has 0 aromatic heterocycles. The van der Waals surface area contributed by atoms with Gasteiger partial charge >= 0.3 is 23.9 Å². The molecule has 0 amide bonds. The molecule has 0 bridgehead atoms. The van der Waals surface area contributed by atoms with Crippen LogP contribution in [0.3, 0.4) is 0 Å². The Bertz CT molecular complexity index is 873. The fourth-order valence-electron chi connectivity index (χ4n) is 2.47. The van der Waals surface area contributed by atoms with Gasteiger partial charge in [0.15, 0.2) is 13.2 Å². The fraction of sp³-hybridized carbons (Fsp3) is 0.524. The molecule has 0 fully saturated rings. The molecule has 0 saturated heterocycles. The molecular formula is C21H27NO13. The van der Waals surface area contributed by atoms with Gasteiger partial charge in [-0.25, -0.2) is 14.4 Å². The largest absolute Gasteiger partial charge is 0.463 e. The number of hydrogen-bond acceptors (Lipinski definition) is 13. The second-order valence-electron chi connectivity index (χ2n) is 7.06. The van der Waals surface area contributed by atoms with E-state index >= 15 is 0 Å². The number of aliphatic hydroxyl groups excluding tert-OH is 2. The molecule has 1 aromatic rings. The third-order valence-corrected chi connectivity index (χ3v) is 4.69. The van der Waals surface area contributed by atoms with Gasteiger partial charge in [0.2, 0.25) is 0 Å². The van der Waals surface area contributed by atoms with E-state index in [0.29, 0.717) is 6.42 Å². The summed E-state index contributed by atoms with van der Waals surface area (Å²) in [4.78, 5) is 62.3. The summed E-state index contributed by atoms with van der Waals surface area (Å²) in [6.45, 7) is -1.58. The van der Waals surface area contributed by atoms with Gasteiger partial charge in [0.25, 0.3) is 5.09 Å². The smallest absolute Gasteiger partial charge is 0.349 e. The fourth-order valence-corrected chi connectivity index (χ4v) is 2.47. The summed E-state index contributed by atoms with van der Waals surface area (Å²) in [7, 11) is 0. The Morgan fingerprint density at radius 2 is 1.57 bits per heavy atom. The summed E-state index contributed by atoms with van der Waals surface area (Å²) in [5, 5.41) is 27.8. The summed E-state index contributed by atoms with van der Waals surface area (Å²) in [5.41, 5.74) is -1.75. The highest BCUT2D eigenvalue weighted by Crippen LogP contribution is 2.23. The molecule has 0 saturated carbocycles. The zero-order chi connectivity index (χ0) is 26.3. The molecule has 0 unspecified atom stereocenters. The highest BCUT2D eigenvalue weighted by molar-refractivity contribution is 5.94. The van der Waals surface area contributed by atoms with Crippen molar-refractivity contribution in [3.63, 3.8) is 0 Å². The Morgan fingerprint density at radius 3 is 2.20 bits per heavy atom. The van der Waals surface area contributed by atoms with E-state index in [-0.39, 0.29) is 37.4 Å². The number of benzene rings is 1. The molecule has 14 nitrogen and oxygen atoms in total. The number of esters is 4. The maximum Gasteiger partial charge on any atom is 0.349 e. The van der Waals surface area contributed by atoms with Crippen LogP contribution in [0.2, 0.25) is 0 Å². The van der Waals surface area contributed by atoms with Gasteiger partial charge in [0, 0.05) is 0 Å². The Balaban J connectivity index is 2.54.